The number of aryl methyl sites for hydroxylation is 1. The van der Waals surface area contributed by atoms with Gasteiger partial charge in [0.15, 0.2) is 11.6 Å². The number of ether oxygens (including phenoxy) is 1. The van der Waals surface area contributed by atoms with Crippen LogP contribution >= 0.6 is 0 Å². The Morgan fingerprint density at radius 3 is 2.08 bits per heavy atom. The summed E-state index contributed by atoms with van der Waals surface area (Å²) in [6, 6.07) is 8.75. The molecule has 0 radical (unpaired) electrons. The molecule has 0 N–H and O–H groups in total. The van der Waals surface area contributed by atoms with Crippen molar-refractivity contribution in [3.8, 4) is 17.1 Å². The number of nitrogens with zero attached hydrogens (tertiary/aromatic N) is 2. The summed E-state index contributed by atoms with van der Waals surface area (Å²) in [5.41, 5.74) is 2.49. The maximum atomic E-state index is 5.40. The van der Waals surface area contributed by atoms with Gasteiger partial charge in [-0.25, -0.2) is 9.97 Å². The van der Waals surface area contributed by atoms with Gasteiger partial charge < -0.3 is 4.74 Å². The lowest BCUT2D eigenvalue weighted by Crippen LogP contribution is -2.15. The first kappa shape index (κ1) is 18.9. The predicted molar refractivity (Wildman–Crippen MR) is 107 cm³/mol. The molecule has 0 amide bonds. The van der Waals surface area contributed by atoms with E-state index in [-0.39, 0.29) is 0 Å². The lowest BCUT2D eigenvalue weighted by atomic mass is 9.78. The Kier molecular flexibility index (Phi) is 7.04. The molecule has 1 aromatic heterocycles. The first-order valence-corrected chi connectivity index (χ1v) is 10.3. The van der Waals surface area contributed by atoms with Crippen LogP contribution in [0.4, 0.5) is 0 Å². The van der Waals surface area contributed by atoms with Crippen molar-refractivity contribution >= 4 is 0 Å². The molecule has 1 aliphatic rings. The second-order valence-electron chi connectivity index (χ2n) is 7.59. The molecule has 0 saturated heterocycles. The van der Waals surface area contributed by atoms with Gasteiger partial charge in [0.05, 0.1) is 19.0 Å². The Morgan fingerprint density at radius 1 is 0.885 bits per heavy atom. The molecule has 3 nitrogen and oxygen atoms in total. The molecule has 0 atom stereocenters. The molecule has 0 spiro atoms. The maximum Gasteiger partial charge on any atom is 0.159 e. The largest absolute Gasteiger partial charge is 0.491 e. The second kappa shape index (κ2) is 9.70. The molecule has 1 saturated carbocycles. The Hall–Kier alpha value is -1.90. The van der Waals surface area contributed by atoms with E-state index in [2.05, 4.69) is 41.2 Å². The van der Waals surface area contributed by atoms with Crippen LogP contribution in [0.5, 0.6) is 5.75 Å². The fraction of sp³-hybridized carbons (Fsp3) is 0.565. The molecule has 1 fully saturated rings. The molecule has 26 heavy (non-hydrogen) atoms. The van der Waals surface area contributed by atoms with Crippen LogP contribution in [0.3, 0.4) is 0 Å². The van der Waals surface area contributed by atoms with E-state index in [0.717, 1.165) is 29.0 Å². The standard InChI is InChI=1S/C23H32N2O/c1-3-5-18-6-8-19(9-7-18)10-11-20-12-14-21(15-13-20)23-24-16-22(17-25-23)26-4-2/h12-19H,3-11H2,1-2H3/t18-,19-. The SMILES string of the molecule is CCC[C@H]1CC[C@H](CCc2ccc(-c3ncc(OCC)cn3)cc2)CC1. The second-order valence-corrected chi connectivity index (χ2v) is 7.59. The van der Waals surface area contributed by atoms with Gasteiger partial charge in [-0.3, -0.25) is 0 Å². The van der Waals surface area contributed by atoms with E-state index in [0.29, 0.717) is 6.61 Å². The summed E-state index contributed by atoms with van der Waals surface area (Å²) >= 11 is 0. The molecule has 0 aliphatic heterocycles. The van der Waals surface area contributed by atoms with E-state index in [1.54, 1.807) is 12.4 Å². The van der Waals surface area contributed by atoms with Crippen LogP contribution in [0.1, 0.15) is 64.4 Å². The van der Waals surface area contributed by atoms with Crippen molar-refractivity contribution in [3.05, 3.63) is 42.2 Å². The summed E-state index contributed by atoms with van der Waals surface area (Å²) in [5, 5.41) is 0. The van der Waals surface area contributed by atoms with Gasteiger partial charge in [-0.2, -0.15) is 0 Å². The van der Waals surface area contributed by atoms with Crippen molar-refractivity contribution in [2.45, 2.75) is 65.2 Å². The highest BCUT2D eigenvalue weighted by Crippen LogP contribution is 2.33. The molecular weight excluding hydrogens is 320 g/mol. The molecule has 1 aliphatic carbocycles. The van der Waals surface area contributed by atoms with Crippen molar-refractivity contribution in [1.82, 2.24) is 9.97 Å². The van der Waals surface area contributed by atoms with Gasteiger partial charge in [-0.05, 0) is 37.2 Å². The van der Waals surface area contributed by atoms with Crippen molar-refractivity contribution < 1.29 is 4.74 Å². The van der Waals surface area contributed by atoms with Crippen molar-refractivity contribution in [3.63, 3.8) is 0 Å². The molecule has 0 bridgehead atoms. The molecule has 3 heteroatoms. The van der Waals surface area contributed by atoms with Gasteiger partial charge in [0, 0.05) is 5.56 Å². The third-order valence-corrected chi connectivity index (χ3v) is 5.66. The summed E-state index contributed by atoms with van der Waals surface area (Å²) in [7, 11) is 0. The fourth-order valence-electron chi connectivity index (χ4n) is 4.11. The highest BCUT2D eigenvalue weighted by molar-refractivity contribution is 5.55. The molecule has 0 unspecified atom stereocenters. The number of hydrogen-bond donors (Lipinski definition) is 0. The Bertz CT molecular complexity index is 643. The molecular formula is C23H32N2O. The Morgan fingerprint density at radius 2 is 1.50 bits per heavy atom. The summed E-state index contributed by atoms with van der Waals surface area (Å²) in [5.74, 6) is 3.41. The Labute approximate surface area is 158 Å². The quantitative estimate of drug-likeness (QED) is 0.577. The normalized spacial score (nSPS) is 20.1. The van der Waals surface area contributed by atoms with E-state index in [9.17, 15) is 0 Å². The van der Waals surface area contributed by atoms with Crippen LogP contribution < -0.4 is 4.74 Å². The van der Waals surface area contributed by atoms with E-state index >= 15 is 0 Å². The summed E-state index contributed by atoms with van der Waals surface area (Å²) < 4.78 is 5.40. The maximum absolute atomic E-state index is 5.40. The smallest absolute Gasteiger partial charge is 0.159 e. The van der Waals surface area contributed by atoms with Gasteiger partial charge in [-0.1, -0.05) is 69.7 Å². The van der Waals surface area contributed by atoms with Crippen LogP contribution in [-0.2, 0) is 6.42 Å². The van der Waals surface area contributed by atoms with E-state index in [1.807, 2.05) is 6.92 Å². The topological polar surface area (TPSA) is 35.0 Å². The number of aromatic nitrogens is 2. The molecule has 3 rings (SSSR count). The lowest BCUT2D eigenvalue weighted by Gasteiger charge is -2.28. The van der Waals surface area contributed by atoms with Gasteiger partial charge in [0.25, 0.3) is 0 Å². The van der Waals surface area contributed by atoms with Crippen LogP contribution in [0.2, 0.25) is 0 Å². The highest BCUT2D eigenvalue weighted by Gasteiger charge is 2.20. The minimum absolute atomic E-state index is 0.637. The summed E-state index contributed by atoms with van der Waals surface area (Å²) in [6.07, 6.45) is 14.6. The van der Waals surface area contributed by atoms with Crippen LogP contribution in [-0.4, -0.2) is 16.6 Å². The minimum atomic E-state index is 0.637. The van der Waals surface area contributed by atoms with Crippen molar-refractivity contribution in [2.75, 3.05) is 6.61 Å². The van der Waals surface area contributed by atoms with Gasteiger partial charge in [0.2, 0.25) is 0 Å². The van der Waals surface area contributed by atoms with E-state index in [4.69, 9.17) is 4.74 Å². The fourth-order valence-corrected chi connectivity index (χ4v) is 4.11. The van der Waals surface area contributed by atoms with E-state index in [1.165, 1.54) is 56.9 Å². The average Bonchev–Trinajstić information content (AvgIpc) is 2.69. The third-order valence-electron chi connectivity index (χ3n) is 5.66. The zero-order valence-corrected chi connectivity index (χ0v) is 16.3. The zero-order valence-electron chi connectivity index (χ0n) is 16.3. The molecule has 2 aromatic rings. The van der Waals surface area contributed by atoms with Crippen molar-refractivity contribution in [1.29, 1.82) is 0 Å². The van der Waals surface area contributed by atoms with Crippen molar-refractivity contribution in [2.24, 2.45) is 11.8 Å². The zero-order chi connectivity index (χ0) is 18.2. The van der Waals surface area contributed by atoms with Gasteiger partial charge in [0.1, 0.15) is 0 Å². The number of benzene rings is 1. The molecule has 140 valence electrons. The van der Waals surface area contributed by atoms with Gasteiger partial charge in [-0.15, -0.1) is 0 Å². The van der Waals surface area contributed by atoms with Crippen LogP contribution in [0, 0.1) is 11.8 Å². The monoisotopic (exact) mass is 352 g/mol. The highest BCUT2D eigenvalue weighted by atomic mass is 16.5. The first-order valence-electron chi connectivity index (χ1n) is 10.3. The lowest BCUT2D eigenvalue weighted by molar-refractivity contribution is 0.252. The first-order chi connectivity index (χ1) is 12.8. The van der Waals surface area contributed by atoms with E-state index < -0.39 is 0 Å². The van der Waals surface area contributed by atoms with Gasteiger partial charge >= 0.3 is 0 Å². The number of rotatable bonds is 8. The summed E-state index contributed by atoms with van der Waals surface area (Å²) in [6.45, 7) is 4.91. The summed E-state index contributed by atoms with van der Waals surface area (Å²) in [4.78, 5) is 8.81. The third kappa shape index (κ3) is 5.30. The number of hydrogen-bond acceptors (Lipinski definition) is 3. The van der Waals surface area contributed by atoms with Crippen LogP contribution in [0.15, 0.2) is 36.7 Å². The average molecular weight is 353 g/mol. The molecule has 1 aromatic carbocycles. The molecule has 1 heterocycles. The van der Waals surface area contributed by atoms with Crippen LogP contribution in [0.25, 0.3) is 11.4 Å². The Balaban J connectivity index is 1.49. The minimum Gasteiger partial charge on any atom is -0.491 e. The predicted octanol–water partition coefficient (Wildman–Crippen LogP) is 6.08.